The van der Waals surface area contributed by atoms with E-state index in [-0.39, 0.29) is 10.8 Å². The Kier molecular flexibility index (Phi) is 5.77. The van der Waals surface area contributed by atoms with Crippen LogP contribution in [-0.4, -0.2) is 33.6 Å². The Morgan fingerprint density at radius 1 is 1.31 bits per heavy atom. The van der Waals surface area contributed by atoms with Gasteiger partial charge in [-0.1, -0.05) is 19.4 Å². The number of carbonyl (C=O) groups is 1. The number of aromatic nitrogens is 1. The number of alkyl halides is 3. The lowest BCUT2D eigenvalue weighted by atomic mass is 9.94. The van der Waals surface area contributed by atoms with Crippen LogP contribution in [0.2, 0.25) is 0 Å². The first-order valence-corrected chi connectivity index (χ1v) is 10.5. The molecule has 166 valence electrons. The van der Waals surface area contributed by atoms with E-state index in [2.05, 4.69) is 11.9 Å². The van der Waals surface area contributed by atoms with Crippen LogP contribution in [-0.2, 0) is 23.9 Å². The first kappa shape index (κ1) is 22.0. The molecule has 6 nitrogen and oxygen atoms in total. The van der Waals surface area contributed by atoms with Gasteiger partial charge in [0.05, 0.1) is 24.1 Å². The van der Waals surface area contributed by atoms with E-state index in [1.807, 2.05) is 18.2 Å². The molecule has 2 aliphatic heterocycles. The van der Waals surface area contributed by atoms with Crippen LogP contribution in [0.1, 0.15) is 42.1 Å². The zero-order chi connectivity index (χ0) is 23.0. The van der Waals surface area contributed by atoms with Gasteiger partial charge in [0.2, 0.25) is 0 Å². The van der Waals surface area contributed by atoms with Crippen molar-refractivity contribution >= 4 is 28.9 Å². The van der Waals surface area contributed by atoms with Crippen molar-refractivity contribution in [2.24, 2.45) is 0 Å². The highest BCUT2D eigenvalue weighted by molar-refractivity contribution is 7.80. The molecular formula is C22H19F3N4O2S. The molecule has 1 atom stereocenters. The Morgan fingerprint density at radius 2 is 2.09 bits per heavy atom. The molecule has 0 bridgehead atoms. The van der Waals surface area contributed by atoms with Crippen LogP contribution < -0.4 is 9.64 Å². The fourth-order valence-corrected chi connectivity index (χ4v) is 4.28. The molecular weight excluding hydrogens is 441 g/mol. The number of ether oxygens (including phenoxy) is 1. The van der Waals surface area contributed by atoms with Gasteiger partial charge >= 0.3 is 6.18 Å². The third kappa shape index (κ3) is 3.88. The molecule has 1 aromatic carbocycles. The number of thiocarbonyl (C=S) groups is 1. The number of benzene rings is 1. The van der Waals surface area contributed by atoms with Crippen LogP contribution in [0.5, 0.6) is 5.75 Å². The summed E-state index contributed by atoms with van der Waals surface area (Å²) in [7, 11) is 0. The number of carbonyl (C=O) groups excluding carboxylic acids is 1. The number of rotatable bonds is 5. The maximum Gasteiger partial charge on any atom is 0.419 e. The number of unbranched alkanes of at least 4 members (excludes halogenated alkanes) is 1. The molecule has 0 saturated carbocycles. The van der Waals surface area contributed by atoms with Crippen molar-refractivity contribution < 1.29 is 22.7 Å². The van der Waals surface area contributed by atoms with Gasteiger partial charge in [0, 0.05) is 13.0 Å². The molecule has 32 heavy (non-hydrogen) atoms. The molecule has 0 N–H and O–H groups in total. The molecule has 0 aliphatic carbocycles. The average molecular weight is 460 g/mol. The number of pyridine rings is 1. The molecule has 2 aliphatic rings. The first-order valence-electron chi connectivity index (χ1n) is 10.1. The molecule has 4 rings (SSSR count). The van der Waals surface area contributed by atoms with Gasteiger partial charge in [0.15, 0.2) is 10.8 Å². The van der Waals surface area contributed by atoms with Crippen molar-refractivity contribution in [2.75, 3.05) is 11.5 Å². The SMILES string of the molecule is CCCCOc1ccc2c(c1)CN1C(=S)N(c3cnc(C#N)c(C(F)(F)F)c3)C(=O)C1C2. The minimum absolute atomic E-state index is 0.103. The molecule has 10 heteroatoms. The molecule has 1 amide bonds. The van der Waals surface area contributed by atoms with E-state index < -0.39 is 29.4 Å². The fraction of sp³-hybridized carbons (Fsp3) is 0.364. The largest absolute Gasteiger partial charge is 0.494 e. The summed E-state index contributed by atoms with van der Waals surface area (Å²) in [5, 5.41) is 9.08. The Bertz CT molecular complexity index is 1130. The molecule has 3 heterocycles. The summed E-state index contributed by atoms with van der Waals surface area (Å²) in [4.78, 5) is 19.5. The average Bonchev–Trinajstić information content (AvgIpc) is 3.00. The smallest absolute Gasteiger partial charge is 0.419 e. The van der Waals surface area contributed by atoms with Crippen molar-refractivity contribution in [1.29, 1.82) is 5.26 Å². The van der Waals surface area contributed by atoms with E-state index >= 15 is 0 Å². The van der Waals surface area contributed by atoms with E-state index in [0.29, 0.717) is 19.6 Å². The van der Waals surface area contributed by atoms with E-state index in [1.54, 1.807) is 4.90 Å². The van der Waals surface area contributed by atoms with E-state index in [9.17, 15) is 18.0 Å². The molecule has 2 aromatic rings. The van der Waals surface area contributed by atoms with Crippen LogP contribution in [0, 0.1) is 11.3 Å². The summed E-state index contributed by atoms with van der Waals surface area (Å²) in [6.07, 6.45) is -1.36. The van der Waals surface area contributed by atoms with Crippen LogP contribution in [0.4, 0.5) is 18.9 Å². The first-order chi connectivity index (χ1) is 15.2. The summed E-state index contributed by atoms with van der Waals surface area (Å²) >= 11 is 5.47. The molecule has 1 unspecified atom stereocenters. The highest BCUT2D eigenvalue weighted by Crippen LogP contribution is 2.37. The molecule has 1 aromatic heterocycles. The Morgan fingerprint density at radius 3 is 2.78 bits per heavy atom. The van der Waals surface area contributed by atoms with Gasteiger partial charge in [-0.25, -0.2) is 4.98 Å². The third-order valence-electron chi connectivity index (χ3n) is 5.56. The summed E-state index contributed by atoms with van der Waals surface area (Å²) in [6.45, 7) is 3.04. The second kappa shape index (κ2) is 8.39. The standard InChI is InChI=1S/C22H19F3N4O2S/c1-2-3-6-31-16-5-4-13-8-19-20(30)29(21(32)28(19)12-14(13)7-16)15-9-17(22(23,24)25)18(10-26)27-11-15/h4-5,7,9,11,19H,2-3,6,8,12H2,1H3. The predicted octanol–water partition coefficient (Wildman–Crippen LogP) is 4.21. The maximum absolute atomic E-state index is 13.4. The van der Waals surface area contributed by atoms with Crippen LogP contribution >= 0.6 is 12.2 Å². The second-order valence-electron chi connectivity index (χ2n) is 7.64. The number of fused-ring (bicyclic) bond motifs is 2. The van der Waals surface area contributed by atoms with Gasteiger partial charge in [-0.05, 0) is 48.0 Å². The van der Waals surface area contributed by atoms with Gasteiger partial charge in [-0.2, -0.15) is 18.4 Å². The molecule has 1 fully saturated rings. The van der Waals surface area contributed by atoms with Gasteiger partial charge in [0.25, 0.3) is 5.91 Å². The zero-order valence-electron chi connectivity index (χ0n) is 17.1. The van der Waals surface area contributed by atoms with Crippen molar-refractivity contribution in [2.45, 2.75) is 44.9 Å². The molecule has 1 saturated heterocycles. The lowest BCUT2D eigenvalue weighted by molar-refractivity contribution is -0.138. The normalized spacial score (nSPS) is 17.8. The summed E-state index contributed by atoms with van der Waals surface area (Å²) in [6, 6.07) is 7.28. The predicted molar refractivity (Wildman–Crippen MR) is 114 cm³/mol. The summed E-state index contributed by atoms with van der Waals surface area (Å²) in [5.41, 5.74) is -0.120. The van der Waals surface area contributed by atoms with Gasteiger partial charge < -0.3 is 9.64 Å². The third-order valence-corrected chi connectivity index (χ3v) is 5.98. The lowest BCUT2D eigenvalue weighted by Gasteiger charge is -2.30. The quantitative estimate of drug-likeness (QED) is 0.492. The minimum atomic E-state index is -4.78. The van der Waals surface area contributed by atoms with E-state index in [1.165, 1.54) is 6.07 Å². The van der Waals surface area contributed by atoms with Crippen molar-refractivity contribution in [3.05, 3.63) is 52.8 Å². The van der Waals surface area contributed by atoms with Crippen LogP contribution in [0.3, 0.4) is 0 Å². The van der Waals surface area contributed by atoms with Gasteiger partial charge in [-0.3, -0.25) is 9.69 Å². The lowest BCUT2D eigenvalue weighted by Crippen LogP contribution is -2.39. The number of hydrogen-bond donors (Lipinski definition) is 0. The molecule has 0 spiro atoms. The van der Waals surface area contributed by atoms with Gasteiger partial charge in [-0.15, -0.1) is 0 Å². The van der Waals surface area contributed by atoms with E-state index in [4.69, 9.17) is 22.2 Å². The maximum atomic E-state index is 13.4. The monoisotopic (exact) mass is 460 g/mol. The number of hydrogen-bond acceptors (Lipinski definition) is 5. The Hall–Kier alpha value is -3.19. The highest BCUT2D eigenvalue weighted by Gasteiger charge is 2.46. The minimum Gasteiger partial charge on any atom is -0.494 e. The van der Waals surface area contributed by atoms with Crippen molar-refractivity contribution in [3.63, 3.8) is 0 Å². The van der Waals surface area contributed by atoms with Gasteiger partial charge in [0.1, 0.15) is 17.9 Å². The number of halogens is 3. The number of nitriles is 1. The Balaban J connectivity index is 1.62. The summed E-state index contributed by atoms with van der Waals surface area (Å²) < 4.78 is 45.9. The van der Waals surface area contributed by atoms with Crippen molar-refractivity contribution in [1.82, 2.24) is 9.88 Å². The van der Waals surface area contributed by atoms with Crippen molar-refractivity contribution in [3.8, 4) is 11.8 Å². The van der Waals surface area contributed by atoms with Crippen LogP contribution in [0.25, 0.3) is 0 Å². The zero-order valence-corrected chi connectivity index (χ0v) is 18.0. The second-order valence-corrected chi connectivity index (χ2v) is 8.00. The topological polar surface area (TPSA) is 69.5 Å². The van der Waals surface area contributed by atoms with Crippen LogP contribution in [0.15, 0.2) is 30.5 Å². The number of amides is 1. The van der Waals surface area contributed by atoms with E-state index in [0.717, 1.165) is 46.9 Å². The Labute approximate surface area is 188 Å². The highest BCUT2D eigenvalue weighted by atomic mass is 32.1. The number of nitrogens with zero attached hydrogens (tertiary/aromatic N) is 4. The summed E-state index contributed by atoms with van der Waals surface area (Å²) in [5.74, 6) is 0.318. The molecule has 0 radical (unpaired) electrons. The number of anilines is 1. The fourth-order valence-electron chi connectivity index (χ4n) is 3.90.